The van der Waals surface area contributed by atoms with Gasteiger partial charge in [0.1, 0.15) is 18.5 Å². The predicted octanol–water partition coefficient (Wildman–Crippen LogP) is 3.09. The average molecular weight is 569 g/mol. The number of hydrogen-bond acceptors (Lipinski definition) is 6. The Bertz CT molecular complexity index is 908. The first-order valence-electron chi connectivity index (χ1n) is 10.9. The molecule has 0 aliphatic carbocycles. The highest BCUT2D eigenvalue weighted by molar-refractivity contribution is 14.0. The van der Waals surface area contributed by atoms with Crippen LogP contribution in [-0.2, 0) is 0 Å². The summed E-state index contributed by atoms with van der Waals surface area (Å²) in [7, 11) is 0. The van der Waals surface area contributed by atoms with E-state index < -0.39 is 11.0 Å². The number of aliphatic hydroxyl groups excluding tert-OH is 1. The highest BCUT2D eigenvalue weighted by Gasteiger charge is 2.23. The molecule has 0 saturated carbocycles. The fraction of sp³-hybridized carbons (Fsp3) is 0.435. The predicted molar refractivity (Wildman–Crippen MR) is 141 cm³/mol. The van der Waals surface area contributed by atoms with Gasteiger partial charge in [-0.3, -0.25) is 15.1 Å². The zero-order valence-corrected chi connectivity index (χ0v) is 21.3. The van der Waals surface area contributed by atoms with Gasteiger partial charge in [0.15, 0.2) is 5.96 Å². The molecule has 1 heterocycles. The van der Waals surface area contributed by atoms with Crippen molar-refractivity contribution in [3.63, 3.8) is 0 Å². The maximum atomic E-state index is 10.7. The Morgan fingerprint density at radius 1 is 1.27 bits per heavy atom. The Hall–Kier alpha value is -2.60. The average Bonchev–Trinajstić information content (AvgIpc) is 3.25. The quantitative estimate of drug-likeness (QED) is 0.140. The number of ether oxygens (including phenoxy) is 1. The lowest BCUT2D eigenvalue weighted by molar-refractivity contribution is -0.384. The Morgan fingerprint density at radius 3 is 2.61 bits per heavy atom. The summed E-state index contributed by atoms with van der Waals surface area (Å²) in [6, 6.07) is 14.6. The number of nitrogens with zero attached hydrogens (tertiary/aromatic N) is 3. The Morgan fingerprint density at radius 2 is 1.97 bits per heavy atom. The molecule has 33 heavy (non-hydrogen) atoms. The third-order valence-corrected chi connectivity index (χ3v) is 5.22. The van der Waals surface area contributed by atoms with Crippen LogP contribution in [0.1, 0.15) is 18.9 Å². The third-order valence-electron chi connectivity index (χ3n) is 5.22. The van der Waals surface area contributed by atoms with Crippen LogP contribution in [0.5, 0.6) is 5.75 Å². The third kappa shape index (κ3) is 8.35. The molecule has 3 rings (SSSR count). The van der Waals surface area contributed by atoms with Crippen molar-refractivity contribution in [2.45, 2.75) is 32.4 Å². The summed E-state index contributed by atoms with van der Waals surface area (Å²) in [5.41, 5.74) is 2.47. The Balaban J connectivity index is 0.00000385. The monoisotopic (exact) mass is 569 g/mol. The minimum absolute atomic E-state index is 0. The van der Waals surface area contributed by atoms with Gasteiger partial charge in [-0.1, -0.05) is 17.7 Å². The van der Waals surface area contributed by atoms with E-state index in [9.17, 15) is 15.2 Å². The number of non-ortho nitro benzene ring substituents is 1. The van der Waals surface area contributed by atoms with E-state index in [2.05, 4.69) is 51.7 Å². The zero-order chi connectivity index (χ0) is 22.9. The molecule has 1 aliphatic rings. The SMILES string of the molecule is CCNC(=NCC(O)COc1ccc([N+](=O)[O-])cc1)NC1CCN(c2ccc(C)cc2)C1.I. The van der Waals surface area contributed by atoms with Gasteiger partial charge in [-0.15, -0.1) is 24.0 Å². The second-order valence-corrected chi connectivity index (χ2v) is 7.85. The lowest BCUT2D eigenvalue weighted by atomic mass is 10.2. The van der Waals surface area contributed by atoms with Gasteiger partial charge >= 0.3 is 0 Å². The molecule has 2 atom stereocenters. The summed E-state index contributed by atoms with van der Waals surface area (Å²) in [6.07, 6.45) is 0.206. The zero-order valence-electron chi connectivity index (χ0n) is 18.9. The molecule has 1 saturated heterocycles. The van der Waals surface area contributed by atoms with E-state index in [0.717, 1.165) is 26.1 Å². The number of nitro groups is 1. The van der Waals surface area contributed by atoms with Gasteiger partial charge < -0.3 is 25.4 Å². The molecule has 0 radical (unpaired) electrons. The van der Waals surface area contributed by atoms with Crippen molar-refractivity contribution in [2.24, 2.45) is 4.99 Å². The van der Waals surface area contributed by atoms with Gasteiger partial charge in [-0.05, 0) is 44.5 Å². The second kappa shape index (κ2) is 13.2. The number of rotatable bonds is 9. The first kappa shape index (κ1) is 26.7. The number of aliphatic hydroxyl groups is 1. The number of hydrogen-bond donors (Lipinski definition) is 3. The van der Waals surface area contributed by atoms with Crippen LogP contribution >= 0.6 is 24.0 Å². The number of nitrogens with one attached hydrogen (secondary N) is 2. The maximum absolute atomic E-state index is 10.7. The molecule has 10 heteroatoms. The molecule has 2 unspecified atom stereocenters. The van der Waals surface area contributed by atoms with Gasteiger partial charge in [-0.2, -0.15) is 0 Å². The lowest BCUT2D eigenvalue weighted by Crippen LogP contribution is -2.45. The van der Waals surface area contributed by atoms with Gasteiger partial charge in [-0.25, -0.2) is 0 Å². The fourth-order valence-corrected chi connectivity index (χ4v) is 3.49. The van der Waals surface area contributed by atoms with E-state index >= 15 is 0 Å². The van der Waals surface area contributed by atoms with Gasteiger partial charge in [0.05, 0.1) is 11.5 Å². The van der Waals surface area contributed by atoms with E-state index in [1.807, 2.05) is 6.92 Å². The standard InChI is InChI=1S/C23H31N5O4.HI/c1-3-24-23(26-18-12-13-27(15-18)19-6-4-17(2)5-7-19)25-14-21(29)16-32-22-10-8-20(9-11-22)28(30)31;/h4-11,18,21,29H,3,12-16H2,1-2H3,(H2,24,25,26);1H. The van der Waals surface area contributed by atoms with Gasteiger partial charge in [0.2, 0.25) is 0 Å². The van der Waals surface area contributed by atoms with Crippen LogP contribution in [0.3, 0.4) is 0 Å². The van der Waals surface area contributed by atoms with Crippen LogP contribution < -0.4 is 20.3 Å². The molecule has 2 aromatic rings. The van der Waals surface area contributed by atoms with Crippen LogP contribution in [0.15, 0.2) is 53.5 Å². The number of aliphatic imine (C=N–C) groups is 1. The van der Waals surface area contributed by atoms with Gasteiger partial charge in [0.25, 0.3) is 5.69 Å². The van der Waals surface area contributed by atoms with Gasteiger partial charge in [0, 0.05) is 43.5 Å². The molecule has 0 aromatic heterocycles. The summed E-state index contributed by atoms with van der Waals surface area (Å²) in [5.74, 6) is 1.13. The van der Waals surface area contributed by atoms with Crippen molar-refractivity contribution in [3.05, 3.63) is 64.2 Å². The smallest absolute Gasteiger partial charge is 0.269 e. The molecular weight excluding hydrogens is 537 g/mol. The number of aryl methyl sites for hydroxylation is 1. The van der Waals surface area contributed by atoms with Crippen molar-refractivity contribution in [1.29, 1.82) is 0 Å². The lowest BCUT2D eigenvalue weighted by Gasteiger charge is -2.21. The minimum Gasteiger partial charge on any atom is -0.491 e. The summed E-state index contributed by atoms with van der Waals surface area (Å²) in [6.45, 7) is 6.89. The van der Waals surface area contributed by atoms with Crippen molar-refractivity contribution in [2.75, 3.05) is 37.7 Å². The summed E-state index contributed by atoms with van der Waals surface area (Å²) < 4.78 is 5.51. The summed E-state index contributed by atoms with van der Waals surface area (Å²) in [4.78, 5) is 17.1. The Kier molecular flexibility index (Phi) is 10.7. The molecule has 0 amide bonds. The molecule has 9 nitrogen and oxygen atoms in total. The molecule has 1 aliphatic heterocycles. The van der Waals surface area contributed by atoms with Crippen molar-refractivity contribution in [3.8, 4) is 5.75 Å². The molecule has 1 fully saturated rings. The van der Waals surface area contributed by atoms with Crippen LogP contribution in [-0.4, -0.2) is 60.9 Å². The first-order chi connectivity index (χ1) is 15.4. The first-order valence-corrected chi connectivity index (χ1v) is 10.9. The minimum atomic E-state index is -0.798. The highest BCUT2D eigenvalue weighted by atomic mass is 127. The van der Waals surface area contributed by atoms with Crippen LogP contribution in [0.4, 0.5) is 11.4 Å². The topological polar surface area (TPSA) is 112 Å². The number of anilines is 1. The molecule has 180 valence electrons. The van der Waals surface area contributed by atoms with Crippen LogP contribution in [0.2, 0.25) is 0 Å². The Labute approximate surface area is 211 Å². The molecule has 2 aromatic carbocycles. The molecule has 0 bridgehead atoms. The number of halogens is 1. The summed E-state index contributed by atoms with van der Waals surface area (Å²) in [5, 5.41) is 27.6. The second-order valence-electron chi connectivity index (χ2n) is 7.85. The largest absolute Gasteiger partial charge is 0.491 e. The molecule has 3 N–H and O–H groups in total. The van der Waals surface area contributed by atoms with Crippen molar-refractivity contribution >= 4 is 41.3 Å². The van der Waals surface area contributed by atoms with Crippen LogP contribution in [0, 0.1) is 17.0 Å². The van der Waals surface area contributed by atoms with E-state index in [0.29, 0.717) is 11.7 Å². The molecular formula is C23H32IN5O4. The van der Waals surface area contributed by atoms with Crippen molar-refractivity contribution in [1.82, 2.24) is 10.6 Å². The fourth-order valence-electron chi connectivity index (χ4n) is 3.49. The number of nitro benzene ring substituents is 1. The van der Waals surface area contributed by atoms with E-state index in [1.54, 1.807) is 0 Å². The maximum Gasteiger partial charge on any atom is 0.269 e. The number of benzene rings is 2. The summed E-state index contributed by atoms with van der Waals surface area (Å²) >= 11 is 0. The van der Waals surface area contributed by atoms with E-state index in [1.165, 1.54) is 35.5 Å². The number of guanidine groups is 1. The normalized spacial score (nSPS) is 16.6. The van der Waals surface area contributed by atoms with Crippen LogP contribution in [0.25, 0.3) is 0 Å². The van der Waals surface area contributed by atoms with E-state index in [-0.39, 0.29) is 48.9 Å². The van der Waals surface area contributed by atoms with E-state index in [4.69, 9.17) is 4.74 Å². The van der Waals surface area contributed by atoms with Crippen molar-refractivity contribution < 1.29 is 14.8 Å². The highest BCUT2D eigenvalue weighted by Crippen LogP contribution is 2.21. The molecule has 0 spiro atoms.